The van der Waals surface area contributed by atoms with Gasteiger partial charge in [0.1, 0.15) is 0 Å². The Hall–Kier alpha value is -1.68. The summed E-state index contributed by atoms with van der Waals surface area (Å²) in [5.74, 6) is 0. The maximum atomic E-state index is 6.00. The van der Waals surface area contributed by atoms with E-state index in [0.717, 1.165) is 12.2 Å². The van der Waals surface area contributed by atoms with Crippen molar-refractivity contribution >= 4 is 0 Å². The van der Waals surface area contributed by atoms with Gasteiger partial charge in [0.2, 0.25) is 0 Å². The van der Waals surface area contributed by atoms with Gasteiger partial charge in [0.15, 0.2) is 0 Å². The molecule has 4 heteroatoms. The van der Waals surface area contributed by atoms with Crippen molar-refractivity contribution in [2.24, 2.45) is 5.73 Å². The summed E-state index contributed by atoms with van der Waals surface area (Å²) < 4.78 is 0. The lowest BCUT2D eigenvalue weighted by atomic mass is 9.79. The molecule has 1 aromatic heterocycles. The third-order valence-corrected chi connectivity index (χ3v) is 4.08. The first-order chi connectivity index (χ1) is 8.84. The zero-order chi connectivity index (χ0) is 12.4. The van der Waals surface area contributed by atoms with E-state index in [1.807, 2.05) is 0 Å². The van der Waals surface area contributed by atoms with Gasteiger partial charge >= 0.3 is 0 Å². The highest BCUT2D eigenvalue weighted by Gasteiger charge is 2.33. The van der Waals surface area contributed by atoms with E-state index in [-0.39, 0.29) is 5.41 Å². The average Bonchev–Trinajstić information content (AvgIpc) is 3.11. The number of nitrogens with zero attached hydrogens (tertiary/aromatic N) is 3. The molecule has 2 N–H and O–H groups in total. The molecule has 1 heterocycles. The highest BCUT2D eigenvalue weighted by atomic mass is 15.5. The van der Waals surface area contributed by atoms with E-state index >= 15 is 0 Å². The predicted octanol–water partition coefficient (Wildman–Crippen LogP) is 2.04. The molecule has 0 amide bonds. The molecule has 3 rings (SSSR count). The van der Waals surface area contributed by atoms with Crippen molar-refractivity contribution in [3.63, 3.8) is 0 Å². The van der Waals surface area contributed by atoms with Gasteiger partial charge in [-0.05, 0) is 30.5 Å². The molecule has 1 aromatic carbocycles. The average molecular weight is 242 g/mol. The van der Waals surface area contributed by atoms with Crippen LogP contribution < -0.4 is 5.73 Å². The largest absolute Gasteiger partial charge is 0.330 e. The first kappa shape index (κ1) is 11.4. The zero-order valence-corrected chi connectivity index (χ0v) is 10.4. The predicted molar refractivity (Wildman–Crippen MR) is 70.6 cm³/mol. The van der Waals surface area contributed by atoms with Crippen molar-refractivity contribution in [2.75, 3.05) is 6.54 Å². The summed E-state index contributed by atoms with van der Waals surface area (Å²) in [4.78, 5) is 1.63. The number of hydrogen-bond acceptors (Lipinski definition) is 3. The summed E-state index contributed by atoms with van der Waals surface area (Å²) in [6.45, 7) is 0.742. The van der Waals surface area contributed by atoms with Gasteiger partial charge in [-0.3, -0.25) is 0 Å². The Balaban J connectivity index is 1.91. The molecule has 1 aliphatic rings. The fraction of sp³-hybridized carbons (Fsp3) is 0.429. The van der Waals surface area contributed by atoms with Crippen LogP contribution in [0, 0.1) is 0 Å². The highest BCUT2D eigenvalue weighted by Crippen LogP contribution is 2.40. The van der Waals surface area contributed by atoms with Crippen LogP contribution in [-0.2, 0) is 5.41 Å². The van der Waals surface area contributed by atoms with Gasteiger partial charge in [-0.1, -0.05) is 25.0 Å². The number of aromatic nitrogens is 3. The summed E-state index contributed by atoms with van der Waals surface area (Å²) in [5, 5.41) is 8.26. The summed E-state index contributed by atoms with van der Waals surface area (Å²) in [6, 6.07) is 8.50. The molecule has 0 spiro atoms. The molecule has 0 radical (unpaired) electrons. The molecule has 0 saturated heterocycles. The summed E-state index contributed by atoms with van der Waals surface area (Å²) in [6.07, 6.45) is 8.38. The molecule has 1 aliphatic carbocycles. The van der Waals surface area contributed by atoms with Gasteiger partial charge in [-0.15, -0.1) is 0 Å². The molecule has 18 heavy (non-hydrogen) atoms. The Labute approximate surface area is 107 Å². The molecule has 94 valence electrons. The Morgan fingerprint density at radius 1 is 1.06 bits per heavy atom. The van der Waals surface area contributed by atoms with E-state index < -0.39 is 0 Å². The van der Waals surface area contributed by atoms with Gasteiger partial charge in [-0.25, -0.2) is 0 Å². The molecule has 0 bridgehead atoms. The van der Waals surface area contributed by atoms with Crippen LogP contribution in [-0.4, -0.2) is 21.5 Å². The highest BCUT2D eigenvalue weighted by molar-refractivity contribution is 5.37. The second-order valence-corrected chi connectivity index (χ2v) is 5.06. The van der Waals surface area contributed by atoms with Crippen LogP contribution in [0.25, 0.3) is 5.69 Å². The van der Waals surface area contributed by atoms with Crippen LogP contribution in [0.5, 0.6) is 0 Å². The van der Waals surface area contributed by atoms with Crippen molar-refractivity contribution in [1.29, 1.82) is 0 Å². The van der Waals surface area contributed by atoms with Crippen LogP contribution in [0.4, 0.5) is 0 Å². The minimum absolute atomic E-state index is 0.204. The number of rotatable bonds is 3. The van der Waals surface area contributed by atoms with Crippen molar-refractivity contribution in [3.05, 3.63) is 42.2 Å². The van der Waals surface area contributed by atoms with Gasteiger partial charge in [0.25, 0.3) is 0 Å². The fourth-order valence-corrected chi connectivity index (χ4v) is 2.96. The molecule has 1 fully saturated rings. The van der Waals surface area contributed by atoms with Gasteiger partial charge in [0.05, 0.1) is 18.1 Å². The second kappa shape index (κ2) is 4.53. The second-order valence-electron chi connectivity index (χ2n) is 5.06. The van der Waals surface area contributed by atoms with E-state index in [1.54, 1.807) is 17.2 Å². The Morgan fingerprint density at radius 2 is 1.67 bits per heavy atom. The van der Waals surface area contributed by atoms with Crippen LogP contribution >= 0.6 is 0 Å². The molecule has 0 aliphatic heterocycles. The van der Waals surface area contributed by atoms with E-state index in [2.05, 4.69) is 34.5 Å². The van der Waals surface area contributed by atoms with Crippen molar-refractivity contribution in [2.45, 2.75) is 31.1 Å². The van der Waals surface area contributed by atoms with E-state index in [4.69, 9.17) is 5.73 Å². The van der Waals surface area contributed by atoms with E-state index in [9.17, 15) is 0 Å². The quantitative estimate of drug-likeness (QED) is 0.896. The van der Waals surface area contributed by atoms with Crippen LogP contribution in [0.15, 0.2) is 36.7 Å². The van der Waals surface area contributed by atoms with Crippen molar-refractivity contribution in [3.8, 4) is 5.69 Å². The van der Waals surface area contributed by atoms with E-state index in [0.29, 0.717) is 0 Å². The van der Waals surface area contributed by atoms with Crippen LogP contribution in [0.1, 0.15) is 31.2 Å². The normalized spacial score (nSPS) is 18.1. The lowest BCUT2D eigenvalue weighted by Gasteiger charge is -2.27. The van der Waals surface area contributed by atoms with Gasteiger partial charge in [0, 0.05) is 12.0 Å². The summed E-state index contributed by atoms with van der Waals surface area (Å²) >= 11 is 0. The zero-order valence-electron chi connectivity index (χ0n) is 10.4. The number of benzene rings is 1. The lowest BCUT2D eigenvalue weighted by Crippen LogP contribution is -2.31. The minimum atomic E-state index is 0.204. The number of hydrogen-bond donors (Lipinski definition) is 1. The first-order valence-electron chi connectivity index (χ1n) is 6.51. The molecule has 0 unspecified atom stereocenters. The van der Waals surface area contributed by atoms with E-state index in [1.165, 1.54) is 31.2 Å². The number of nitrogens with two attached hydrogens (primary N) is 1. The fourth-order valence-electron chi connectivity index (χ4n) is 2.96. The maximum absolute atomic E-state index is 6.00. The van der Waals surface area contributed by atoms with Gasteiger partial charge < -0.3 is 5.73 Å². The Bertz CT molecular complexity index is 495. The molecular formula is C14H18N4. The van der Waals surface area contributed by atoms with Crippen molar-refractivity contribution < 1.29 is 0 Å². The summed E-state index contributed by atoms with van der Waals surface area (Å²) in [7, 11) is 0. The third-order valence-electron chi connectivity index (χ3n) is 4.08. The van der Waals surface area contributed by atoms with Gasteiger partial charge in [-0.2, -0.15) is 15.0 Å². The molecule has 0 atom stereocenters. The molecule has 2 aromatic rings. The Morgan fingerprint density at radius 3 is 2.22 bits per heavy atom. The SMILES string of the molecule is NCC1(c2ccc(-n3nccn3)cc2)CCCC1. The van der Waals surface area contributed by atoms with Crippen LogP contribution in [0.3, 0.4) is 0 Å². The smallest absolute Gasteiger partial charge is 0.0856 e. The first-order valence-corrected chi connectivity index (χ1v) is 6.51. The molecule has 4 nitrogen and oxygen atoms in total. The monoisotopic (exact) mass is 242 g/mol. The minimum Gasteiger partial charge on any atom is -0.330 e. The molecule has 1 saturated carbocycles. The third kappa shape index (κ3) is 1.82. The summed E-state index contributed by atoms with van der Waals surface area (Å²) in [5.41, 5.74) is 8.56. The lowest BCUT2D eigenvalue weighted by molar-refractivity contribution is 0.453. The topological polar surface area (TPSA) is 56.7 Å². The Kier molecular flexibility index (Phi) is 2.88. The van der Waals surface area contributed by atoms with Crippen molar-refractivity contribution in [1.82, 2.24) is 15.0 Å². The standard InChI is InChI=1S/C14H18N4/c15-11-14(7-1-2-8-14)12-3-5-13(6-4-12)18-16-9-10-17-18/h3-6,9-10H,1-2,7-8,11,15H2. The van der Waals surface area contributed by atoms with Crippen LogP contribution in [0.2, 0.25) is 0 Å². The molecular weight excluding hydrogens is 224 g/mol. The maximum Gasteiger partial charge on any atom is 0.0856 e.